The molecule has 1 aromatic carbocycles. The highest BCUT2D eigenvalue weighted by Crippen LogP contribution is 2.31. The average Bonchev–Trinajstić information content (AvgIpc) is 2.81. The third-order valence-corrected chi connectivity index (χ3v) is 7.34. The standard InChI is InChI=1S/C22H35N3O7S/c1-17(2)15-23(9-8-22(27)32-5)16-21(26)24-10-12-25(13-11-24)33(28,29)20-14-18(30-3)6-7-19(20)31-4/h6-7,14,17H,8-13,15-16H2,1-5H3. The topological polar surface area (TPSA) is 106 Å². The van der Waals surface area contributed by atoms with E-state index < -0.39 is 10.0 Å². The highest BCUT2D eigenvalue weighted by Gasteiger charge is 2.33. The second-order valence-corrected chi connectivity index (χ2v) is 10.2. The molecule has 1 aliphatic rings. The monoisotopic (exact) mass is 485 g/mol. The van der Waals surface area contributed by atoms with Gasteiger partial charge in [-0.05, 0) is 18.1 Å². The predicted octanol–water partition coefficient (Wildman–Crippen LogP) is 1.06. The number of amides is 1. The zero-order valence-corrected chi connectivity index (χ0v) is 20.9. The zero-order chi connectivity index (χ0) is 24.6. The van der Waals surface area contributed by atoms with E-state index in [0.29, 0.717) is 24.8 Å². The maximum absolute atomic E-state index is 13.2. The van der Waals surface area contributed by atoms with Crippen molar-refractivity contribution in [2.75, 3.05) is 67.1 Å². The lowest BCUT2D eigenvalue weighted by molar-refractivity contribution is -0.142. The molecule has 0 N–H and O–H groups in total. The Kier molecular flexibility index (Phi) is 9.93. The van der Waals surface area contributed by atoms with E-state index >= 15 is 0 Å². The molecule has 186 valence electrons. The molecule has 1 aromatic rings. The first-order valence-electron chi connectivity index (χ1n) is 10.9. The number of nitrogens with zero attached hydrogens (tertiary/aromatic N) is 3. The SMILES string of the molecule is COC(=O)CCN(CC(=O)N1CCN(S(=O)(=O)c2cc(OC)ccc2OC)CC1)CC(C)C. The van der Waals surface area contributed by atoms with E-state index in [2.05, 4.69) is 0 Å². The van der Waals surface area contributed by atoms with Crippen molar-refractivity contribution >= 4 is 21.9 Å². The van der Waals surface area contributed by atoms with Crippen molar-refractivity contribution in [3.8, 4) is 11.5 Å². The number of benzene rings is 1. The molecule has 0 saturated carbocycles. The van der Waals surface area contributed by atoms with E-state index in [-0.39, 0.29) is 61.7 Å². The number of hydrogen-bond donors (Lipinski definition) is 0. The maximum Gasteiger partial charge on any atom is 0.306 e. The van der Waals surface area contributed by atoms with Gasteiger partial charge in [0, 0.05) is 45.3 Å². The van der Waals surface area contributed by atoms with Crippen LogP contribution in [0.4, 0.5) is 0 Å². The number of carbonyl (C=O) groups is 2. The number of esters is 1. The summed E-state index contributed by atoms with van der Waals surface area (Å²) in [7, 11) is 0.410. The smallest absolute Gasteiger partial charge is 0.306 e. The van der Waals surface area contributed by atoms with Crippen LogP contribution >= 0.6 is 0 Å². The molecule has 0 atom stereocenters. The van der Waals surface area contributed by atoms with Crippen molar-refractivity contribution in [3.63, 3.8) is 0 Å². The van der Waals surface area contributed by atoms with Gasteiger partial charge in [0.1, 0.15) is 16.4 Å². The van der Waals surface area contributed by atoms with Crippen molar-refractivity contribution in [1.82, 2.24) is 14.1 Å². The molecule has 1 heterocycles. The Morgan fingerprint density at radius 3 is 2.27 bits per heavy atom. The van der Waals surface area contributed by atoms with Gasteiger partial charge in [-0.2, -0.15) is 4.31 Å². The van der Waals surface area contributed by atoms with Crippen molar-refractivity contribution in [2.24, 2.45) is 5.92 Å². The molecular formula is C22H35N3O7S. The number of rotatable bonds is 11. The molecule has 1 amide bonds. The molecule has 11 heteroatoms. The van der Waals surface area contributed by atoms with Gasteiger partial charge in [-0.25, -0.2) is 8.42 Å². The molecule has 0 aliphatic carbocycles. The van der Waals surface area contributed by atoms with Crippen LogP contribution in [0.3, 0.4) is 0 Å². The van der Waals surface area contributed by atoms with Gasteiger partial charge in [0.2, 0.25) is 15.9 Å². The summed E-state index contributed by atoms with van der Waals surface area (Å²) in [5, 5.41) is 0. The van der Waals surface area contributed by atoms with E-state index in [1.165, 1.54) is 31.7 Å². The van der Waals surface area contributed by atoms with Crippen LogP contribution < -0.4 is 9.47 Å². The average molecular weight is 486 g/mol. The molecule has 1 fully saturated rings. The third-order valence-electron chi connectivity index (χ3n) is 5.42. The predicted molar refractivity (Wildman–Crippen MR) is 123 cm³/mol. The van der Waals surface area contributed by atoms with Gasteiger partial charge in [0.25, 0.3) is 0 Å². The second kappa shape index (κ2) is 12.2. The maximum atomic E-state index is 13.2. The van der Waals surface area contributed by atoms with E-state index in [4.69, 9.17) is 14.2 Å². The van der Waals surface area contributed by atoms with Crippen molar-refractivity contribution in [2.45, 2.75) is 25.2 Å². The van der Waals surface area contributed by atoms with Crippen LogP contribution in [0.1, 0.15) is 20.3 Å². The fraction of sp³-hybridized carbons (Fsp3) is 0.636. The first kappa shape index (κ1) is 26.9. The van der Waals surface area contributed by atoms with E-state index in [9.17, 15) is 18.0 Å². The van der Waals surface area contributed by atoms with Crippen LogP contribution in [0.2, 0.25) is 0 Å². The molecule has 0 unspecified atom stereocenters. The largest absolute Gasteiger partial charge is 0.497 e. The lowest BCUT2D eigenvalue weighted by atomic mass is 10.2. The molecular weight excluding hydrogens is 450 g/mol. The minimum atomic E-state index is -3.82. The molecule has 0 bridgehead atoms. The number of ether oxygens (including phenoxy) is 3. The molecule has 0 aromatic heterocycles. The Bertz CT molecular complexity index is 913. The highest BCUT2D eigenvalue weighted by molar-refractivity contribution is 7.89. The first-order valence-corrected chi connectivity index (χ1v) is 12.4. The number of hydrogen-bond acceptors (Lipinski definition) is 8. The zero-order valence-electron chi connectivity index (χ0n) is 20.1. The van der Waals surface area contributed by atoms with Crippen LogP contribution in [0, 0.1) is 5.92 Å². The summed E-state index contributed by atoms with van der Waals surface area (Å²) in [4.78, 5) is 28.0. The summed E-state index contributed by atoms with van der Waals surface area (Å²) in [6, 6.07) is 4.64. The summed E-state index contributed by atoms with van der Waals surface area (Å²) in [6.07, 6.45) is 0.213. The van der Waals surface area contributed by atoms with Crippen LogP contribution in [-0.2, 0) is 24.3 Å². The van der Waals surface area contributed by atoms with Crippen molar-refractivity contribution in [3.05, 3.63) is 18.2 Å². The minimum Gasteiger partial charge on any atom is -0.497 e. The fourth-order valence-corrected chi connectivity index (χ4v) is 5.29. The lowest BCUT2D eigenvalue weighted by Crippen LogP contribution is -2.52. The van der Waals surface area contributed by atoms with Gasteiger partial charge in [0.15, 0.2) is 0 Å². The molecule has 33 heavy (non-hydrogen) atoms. The third kappa shape index (κ3) is 7.31. The minimum absolute atomic E-state index is 0.0371. The quantitative estimate of drug-likeness (QED) is 0.429. The first-order chi connectivity index (χ1) is 15.6. The van der Waals surface area contributed by atoms with Gasteiger partial charge in [-0.1, -0.05) is 13.8 Å². The van der Waals surface area contributed by atoms with E-state index in [1.807, 2.05) is 18.7 Å². The van der Waals surface area contributed by atoms with Gasteiger partial charge < -0.3 is 19.1 Å². The number of sulfonamides is 1. The lowest BCUT2D eigenvalue weighted by Gasteiger charge is -2.35. The number of carbonyl (C=O) groups excluding carboxylic acids is 2. The summed E-state index contributed by atoms with van der Waals surface area (Å²) >= 11 is 0. The molecule has 0 spiro atoms. The Morgan fingerprint density at radius 1 is 1.06 bits per heavy atom. The van der Waals surface area contributed by atoms with Gasteiger partial charge in [-0.15, -0.1) is 0 Å². The van der Waals surface area contributed by atoms with Crippen LogP contribution in [0.5, 0.6) is 11.5 Å². The molecule has 10 nitrogen and oxygen atoms in total. The Hall–Kier alpha value is -2.37. The molecule has 1 aliphatic heterocycles. The van der Waals surface area contributed by atoms with Crippen LogP contribution in [0.25, 0.3) is 0 Å². The van der Waals surface area contributed by atoms with E-state index in [0.717, 1.165) is 0 Å². The highest BCUT2D eigenvalue weighted by atomic mass is 32.2. The van der Waals surface area contributed by atoms with Crippen molar-refractivity contribution in [1.29, 1.82) is 0 Å². The Morgan fingerprint density at radius 2 is 1.73 bits per heavy atom. The molecule has 0 radical (unpaired) electrons. The van der Waals surface area contributed by atoms with Gasteiger partial charge in [0.05, 0.1) is 34.3 Å². The summed E-state index contributed by atoms with van der Waals surface area (Å²) < 4.78 is 42.9. The second-order valence-electron chi connectivity index (χ2n) is 8.26. The Labute approximate surface area is 196 Å². The summed E-state index contributed by atoms with van der Waals surface area (Å²) in [5.41, 5.74) is 0. The van der Waals surface area contributed by atoms with Crippen molar-refractivity contribution < 1.29 is 32.2 Å². The van der Waals surface area contributed by atoms with Crippen LogP contribution in [0.15, 0.2) is 23.1 Å². The number of methoxy groups -OCH3 is 3. The van der Waals surface area contributed by atoms with Gasteiger partial charge >= 0.3 is 5.97 Å². The summed E-state index contributed by atoms with van der Waals surface area (Å²) in [6.45, 7) is 6.31. The number of piperazine rings is 1. The normalized spacial score (nSPS) is 15.1. The van der Waals surface area contributed by atoms with Gasteiger partial charge in [-0.3, -0.25) is 14.5 Å². The molecule has 1 saturated heterocycles. The van der Waals surface area contributed by atoms with E-state index in [1.54, 1.807) is 17.0 Å². The fourth-order valence-electron chi connectivity index (χ4n) is 3.70. The Balaban J connectivity index is 2.03. The van der Waals surface area contributed by atoms with Crippen LogP contribution in [-0.4, -0.2) is 102 Å². The summed E-state index contributed by atoms with van der Waals surface area (Å²) in [5.74, 6) is 0.583. The molecule has 2 rings (SSSR count).